The number of rotatable bonds is 6. The Kier molecular flexibility index (Phi) is 5.14. The zero-order valence-electron chi connectivity index (χ0n) is 15.8. The first-order valence-electron chi connectivity index (χ1n) is 8.93. The van der Waals surface area contributed by atoms with Crippen molar-refractivity contribution in [2.45, 2.75) is 63.6 Å². The van der Waals surface area contributed by atoms with E-state index in [1.165, 1.54) is 20.9 Å². The van der Waals surface area contributed by atoms with E-state index in [1.54, 1.807) is 23.5 Å². The van der Waals surface area contributed by atoms with Crippen LogP contribution in [-0.2, 0) is 14.9 Å². The summed E-state index contributed by atoms with van der Waals surface area (Å²) < 4.78 is 11.1. The third-order valence-corrected chi connectivity index (χ3v) is 9.26. The lowest BCUT2D eigenvalue weighted by molar-refractivity contribution is 0.394. The Bertz CT molecular complexity index is 767. The molecule has 0 spiro atoms. The Morgan fingerprint density at radius 3 is 1.30 bits per heavy atom. The van der Waals surface area contributed by atoms with Crippen LogP contribution in [0.15, 0.2) is 58.3 Å². The molecule has 2 aromatic carbocycles. The van der Waals surface area contributed by atoms with Gasteiger partial charge in [-0.25, -0.2) is 0 Å². The van der Waals surface area contributed by atoms with Gasteiger partial charge in [0, 0.05) is 15.2 Å². The fourth-order valence-electron chi connectivity index (χ4n) is 3.04. The first-order valence-corrected chi connectivity index (χ1v) is 11.6. The first-order chi connectivity index (χ1) is 12.6. The molecule has 4 unspecified atom stereocenters. The first kappa shape index (κ1) is 20.0. The van der Waals surface area contributed by atoms with Crippen LogP contribution in [-0.4, -0.2) is 20.7 Å². The van der Waals surface area contributed by atoms with Gasteiger partial charge in [0.05, 0.1) is 0 Å². The molecule has 27 heavy (non-hydrogen) atoms. The average Bonchev–Trinajstić information content (AvgIpc) is 3.42. The summed E-state index contributed by atoms with van der Waals surface area (Å²) in [5.41, 5.74) is 2.58. The number of thioether (sulfide) groups is 2. The topological polar surface area (TPSA) is 25.1 Å². The second kappa shape index (κ2) is 6.92. The molecule has 2 aromatic rings. The minimum absolute atomic E-state index is 0.0242. The van der Waals surface area contributed by atoms with Crippen LogP contribution >= 0.6 is 48.8 Å². The zero-order chi connectivity index (χ0) is 19.4. The molecular formula is C21H24O2S4. The van der Waals surface area contributed by atoms with Crippen LogP contribution in [0.4, 0.5) is 0 Å². The Balaban J connectivity index is 1.47. The minimum atomic E-state index is -0.193. The Morgan fingerprint density at radius 1 is 0.741 bits per heavy atom. The highest BCUT2D eigenvalue weighted by Crippen LogP contribution is 2.52. The number of hydrogen-bond acceptors (Lipinski definition) is 6. The molecule has 4 atom stereocenters. The summed E-state index contributed by atoms with van der Waals surface area (Å²) in [5.74, 6) is 0. The summed E-state index contributed by atoms with van der Waals surface area (Å²) in [7, 11) is 0. The van der Waals surface area contributed by atoms with E-state index in [1.807, 2.05) is 0 Å². The summed E-state index contributed by atoms with van der Waals surface area (Å²) in [4.78, 5) is 2.03. The van der Waals surface area contributed by atoms with Crippen molar-refractivity contribution in [3.05, 3.63) is 59.7 Å². The number of epoxide rings is 2. The highest BCUT2D eigenvalue weighted by molar-refractivity contribution is 8.02. The summed E-state index contributed by atoms with van der Waals surface area (Å²) in [6, 6.07) is 17.6. The standard InChI is InChI=1S/C21H24O2S4/c1-19(2,13-5-9-15(10-6-13)26-20(3)17(24)22-20)14-7-11-16(12-8-14)27-21(4)18(25)23-21/h5-12,17-18,24-25H,1-4H3. The van der Waals surface area contributed by atoms with Crippen LogP contribution in [0.3, 0.4) is 0 Å². The number of ether oxygens (including phenoxy) is 2. The second-order valence-corrected chi connectivity index (χ2v) is 11.8. The Labute approximate surface area is 181 Å². The number of thiol groups is 2. The minimum Gasteiger partial charge on any atom is -0.343 e. The van der Waals surface area contributed by atoms with E-state index < -0.39 is 0 Å². The van der Waals surface area contributed by atoms with E-state index >= 15 is 0 Å². The smallest absolute Gasteiger partial charge is 0.152 e. The molecule has 2 nitrogen and oxygen atoms in total. The molecule has 6 heteroatoms. The van der Waals surface area contributed by atoms with E-state index in [2.05, 4.69) is 101 Å². The third-order valence-electron chi connectivity index (χ3n) is 5.27. The third kappa shape index (κ3) is 4.07. The van der Waals surface area contributed by atoms with Gasteiger partial charge in [0.1, 0.15) is 10.9 Å². The maximum absolute atomic E-state index is 5.54. The van der Waals surface area contributed by atoms with Crippen molar-refractivity contribution in [1.29, 1.82) is 0 Å². The van der Waals surface area contributed by atoms with Gasteiger partial charge < -0.3 is 9.47 Å². The molecule has 144 valence electrons. The highest BCUT2D eigenvalue weighted by Gasteiger charge is 2.51. The highest BCUT2D eigenvalue weighted by atomic mass is 32.2. The molecule has 0 amide bonds. The van der Waals surface area contributed by atoms with Crippen molar-refractivity contribution in [3.63, 3.8) is 0 Å². The van der Waals surface area contributed by atoms with Gasteiger partial charge in [-0.15, -0.1) is 25.3 Å². The molecule has 2 fully saturated rings. The predicted molar refractivity (Wildman–Crippen MR) is 121 cm³/mol. The van der Waals surface area contributed by atoms with Crippen molar-refractivity contribution in [2.75, 3.05) is 0 Å². The monoisotopic (exact) mass is 436 g/mol. The molecule has 0 bridgehead atoms. The summed E-state index contributed by atoms with van der Waals surface area (Å²) in [6.45, 7) is 8.69. The van der Waals surface area contributed by atoms with Crippen molar-refractivity contribution < 1.29 is 9.47 Å². The van der Waals surface area contributed by atoms with Crippen LogP contribution < -0.4 is 0 Å². The molecule has 2 aliphatic rings. The van der Waals surface area contributed by atoms with Gasteiger partial charge in [-0.3, -0.25) is 0 Å². The summed E-state index contributed by atoms with van der Waals surface area (Å²) in [5, 5.41) is 0. The summed E-state index contributed by atoms with van der Waals surface area (Å²) in [6.07, 6.45) is 0. The van der Waals surface area contributed by atoms with E-state index in [4.69, 9.17) is 9.47 Å². The van der Waals surface area contributed by atoms with E-state index in [0.717, 1.165) is 0 Å². The Hall–Kier alpha value is -0.240. The van der Waals surface area contributed by atoms with Gasteiger partial charge in [-0.1, -0.05) is 61.6 Å². The van der Waals surface area contributed by atoms with Gasteiger partial charge in [0.25, 0.3) is 0 Å². The molecule has 0 saturated carbocycles. The van der Waals surface area contributed by atoms with Crippen molar-refractivity contribution in [1.82, 2.24) is 0 Å². The second-order valence-electron chi connectivity index (χ2n) is 7.85. The van der Waals surface area contributed by atoms with Gasteiger partial charge in [0.15, 0.2) is 9.87 Å². The van der Waals surface area contributed by atoms with Crippen LogP contribution in [0.25, 0.3) is 0 Å². The van der Waals surface area contributed by atoms with E-state index in [0.29, 0.717) is 0 Å². The van der Waals surface area contributed by atoms with Crippen LogP contribution in [0.5, 0.6) is 0 Å². The zero-order valence-corrected chi connectivity index (χ0v) is 19.2. The largest absolute Gasteiger partial charge is 0.343 e. The SMILES string of the molecule is CC(C)(c1ccc(SC2(C)OC2S)cc1)c1ccc(SC2(C)OC2S)cc1. The molecule has 2 heterocycles. The van der Waals surface area contributed by atoms with E-state index in [-0.39, 0.29) is 26.2 Å². The molecular weight excluding hydrogens is 412 g/mol. The molecule has 0 radical (unpaired) electrons. The maximum Gasteiger partial charge on any atom is 0.152 e. The summed E-state index contributed by atoms with van der Waals surface area (Å²) >= 11 is 12.2. The molecule has 2 aliphatic heterocycles. The van der Waals surface area contributed by atoms with Crippen LogP contribution in [0, 0.1) is 0 Å². The lowest BCUT2D eigenvalue weighted by Gasteiger charge is -2.26. The number of benzene rings is 2. The molecule has 0 aromatic heterocycles. The van der Waals surface area contributed by atoms with Crippen LogP contribution in [0.2, 0.25) is 0 Å². The lowest BCUT2D eigenvalue weighted by Crippen LogP contribution is -2.18. The quantitative estimate of drug-likeness (QED) is 0.416. The van der Waals surface area contributed by atoms with Gasteiger partial charge >= 0.3 is 0 Å². The number of hydrogen-bond donors (Lipinski definition) is 2. The molecule has 0 aliphatic carbocycles. The lowest BCUT2D eigenvalue weighted by atomic mass is 9.78. The van der Waals surface area contributed by atoms with Gasteiger partial charge in [-0.05, 0) is 49.2 Å². The molecule has 2 saturated heterocycles. The Morgan fingerprint density at radius 2 is 1.04 bits per heavy atom. The molecule has 0 N–H and O–H groups in total. The van der Waals surface area contributed by atoms with E-state index in [9.17, 15) is 0 Å². The normalized spacial score (nSPS) is 32.4. The molecule has 4 rings (SSSR count). The predicted octanol–water partition coefficient (Wildman–Crippen LogP) is 6.20. The van der Waals surface area contributed by atoms with Gasteiger partial charge in [0.2, 0.25) is 0 Å². The van der Waals surface area contributed by atoms with Crippen molar-refractivity contribution >= 4 is 48.8 Å². The van der Waals surface area contributed by atoms with Gasteiger partial charge in [-0.2, -0.15) is 0 Å². The average molecular weight is 437 g/mol. The van der Waals surface area contributed by atoms with Crippen molar-refractivity contribution in [2.24, 2.45) is 0 Å². The van der Waals surface area contributed by atoms with Crippen molar-refractivity contribution in [3.8, 4) is 0 Å². The maximum atomic E-state index is 5.54. The van der Waals surface area contributed by atoms with Crippen LogP contribution in [0.1, 0.15) is 38.8 Å². The fourth-order valence-corrected chi connectivity index (χ4v) is 5.91. The fraction of sp³-hybridized carbons (Fsp3) is 0.429.